The minimum Gasteiger partial charge on any atom is -0.410 e. The molecular weight excluding hydrogens is 474 g/mol. The fourth-order valence-electron chi connectivity index (χ4n) is 4.50. The number of aryl methyl sites for hydroxylation is 1. The van der Waals surface area contributed by atoms with Crippen LogP contribution in [0.5, 0.6) is 5.75 Å². The summed E-state index contributed by atoms with van der Waals surface area (Å²) in [6.07, 6.45) is 1.72. The van der Waals surface area contributed by atoms with Gasteiger partial charge in [-0.2, -0.15) is 0 Å². The molecule has 3 atom stereocenters. The first kappa shape index (κ1) is 26.6. The number of aromatic nitrogens is 3. The van der Waals surface area contributed by atoms with Gasteiger partial charge in [0.2, 0.25) is 5.91 Å². The fraction of sp³-hybridized carbons (Fsp3) is 0.481. The molecule has 1 aromatic heterocycles. The highest BCUT2D eigenvalue weighted by atomic mass is 16.6. The molecule has 0 saturated heterocycles. The van der Waals surface area contributed by atoms with Gasteiger partial charge in [-0.15, -0.1) is 5.10 Å². The van der Waals surface area contributed by atoms with Crippen molar-refractivity contribution in [1.82, 2.24) is 24.8 Å². The van der Waals surface area contributed by atoms with Gasteiger partial charge in [-0.05, 0) is 36.2 Å². The lowest BCUT2D eigenvalue weighted by atomic mass is 10.0. The highest BCUT2D eigenvalue weighted by molar-refractivity contribution is 5.84. The predicted molar refractivity (Wildman–Crippen MR) is 138 cm³/mol. The second kappa shape index (κ2) is 12.2. The molecule has 10 heteroatoms. The maximum atomic E-state index is 13.0. The van der Waals surface area contributed by atoms with Gasteiger partial charge < -0.3 is 24.4 Å². The Bertz CT molecular complexity index is 1210. The summed E-state index contributed by atoms with van der Waals surface area (Å²) in [7, 11) is 1.67. The van der Waals surface area contributed by atoms with Crippen molar-refractivity contribution in [2.75, 3.05) is 26.7 Å². The Hall–Kier alpha value is -3.50. The summed E-state index contributed by atoms with van der Waals surface area (Å²) in [5.41, 5.74) is 0.812. The zero-order chi connectivity index (χ0) is 26.4. The quantitative estimate of drug-likeness (QED) is 0.563. The Kier molecular flexibility index (Phi) is 8.73. The van der Waals surface area contributed by atoms with Crippen LogP contribution in [0, 0.1) is 5.92 Å². The third kappa shape index (κ3) is 6.64. The molecule has 1 aliphatic heterocycles. The first-order valence-corrected chi connectivity index (χ1v) is 12.7. The van der Waals surface area contributed by atoms with Crippen LogP contribution >= 0.6 is 0 Å². The number of hydrogen-bond donors (Lipinski definition) is 1. The molecule has 2 amide bonds. The Morgan fingerprint density at radius 1 is 1.27 bits per heavy atom. The molecule has 0 radical (unpaired) electrons. The lowest BCUT2D eigenvalue weighted by molar-refractivity contribution is -0.136. The average Bonchev–Trinajstić information content (AvgIpc) is 3.35. The van der Waals surface area contributed by atoms with E-state index in [1.54, 1.807) is 28.9 Å². The van der Waals surface area contributed by atoms with E-state index in [-0.39, 0.29) is 37.6 Å². The summed E-state index contributed by atoms with van der Waals surface area (Å²) in [6.45, 7) is 5.16. The third-order valence-corrected chi connectivity index (χ3v) is 6.83. The molecule has 37 heavy (non-hydrogen) atoms. The molecule has 1 aliphatic rings. The van der Waals surface area contributed by atoms with Crippen molar-refractivity contribution in [2.24, 2.45) is 5.92 Å². The third-order valence-electron chi connectivity index (χ3n) is 6.83. The maximum absolute atomic E-state index is 13.0. The van der Waals surface area contributed by atoms with Crippen molar-refractivity contribution in [3.05, 3.63) is 54.4 Å². The summed E-state index contributed by atoms with van der Waals surface area (Å²) in [5, 5.41) is 19.9. The first-order valence-electron chi connectivity index (χ1n) is 12.7. The van der Waals surface area contributed by atoms with Crippen LogP contribution in [-0.4, -0.2) is 80.8 Å². The molecule has 0 spiro atoms. The van der Waals surface area contributed by atoms with Gasteiger partial charge in [-0.1, -0.05) is 42.5 Å². The summed E-state index contributed by atoms with van der Waals surface area (Å²) in [5.74, 6) is 0.308. The van der Waals surface area contributed by atoms with E-state index < -0.39 is 12.2 Å². The predicted octanol–water partition coefficient (Wildman–Crippen LogP) is 3.09. The van der Waals surface area contributed by atoms with E-state index in [9.17, 15) is 14.7 Å². The zero-order valence-corrected chi connectivity index (χ0v) is 21.6. The summed E-state index contributed by atoms with van der Waals surface area (Å²) >= 11 is 0. The molecule has 0 saturated carbocycles. The van der Waals surface area contributed by atoms with Crippen LogP contribution in [0.15, 0.2) is 48.7 Å². The van der Waals surface area contributed by atoms with Gasteiger partial charge in [0.25, 0.3) is 0 Å². The number of ether oxygens (including phenoxy) is 2. The van der Waals surface area contributed by atoms with Crippen LogP contribution in [0.2, 0.25) is 0 Å². The van der Waals surface area contributed by atoms with E-state index in [1.807, 2.05) is 50.2 Å². The first-order chi connectivity index (χ1) is 17.9. The fourth-order valence-corrected chi connectivity index (χ4v) is 4.50. The maximum Gasteiger partial charge on any atom is 0.415 e. The summed E-state index contributed by atoms with van der Waals surface area (Å²) in [6, 6.07) is 13.1. The Morgan fingerprint density at radius 3 is 2.84 bits per heavy atom. The summed E-state index contributed by atoms with van der Waals surface area (Å²) in [4.78, 5) is 29.2. The van der Waals surface area contributed by atoms with Gasteiger partial charge in [-0.25, -0.2) is 9.48 Å². The molecular formula is C27H35N5O5. The van der Waals surface area contributed by atoms with Gasteiger partial charge in [0.05, 0.1) is 43.8 Å². The topological polar surface area (TPSA) is 110 Å². The van der Waals surface area contributed by atoms with Crippen molar-refractivity contribution >= 4 is 22.8 Å². The van der Waals surface area contributed by atoms with E-state index in [1.165, 1.54) is 4.90 Å². The van der Waals surface area contributed by atoms with E-state index in [0.29, 0.717) is 31.7 Å². The highest BCUT2D eigenvalue weighted by Crippen LogP contribution is 2.22. The largest absolute Gasteiger partial charge is 0.415 e. The van der Waals surface area contributed by atoms with Gasteiger partial charge in [0, 0.05) is 32.5 Å². The molecule has 198 valence electrons. The number of amides is 2. The second-order valence-electron chi connectivity index (χ2n) is 9.71. The lowest BCUT2D eigenvalue weighted by Crippen LogP contribution is -2.48. The molecule has 10 nitrogen and oxygen atoms in total. The number of likely N-dealkylation sites (N-methyl/N-ethyl adjacent to an activating group) is 1. The van der Waals surface area contributed by atoms with Gasteiger partial charge >= 0.3 is 6.09 Å². The van der Waals surface area contributed by atoms with Crippen LogP contribution in [0.3, 0.4) is 0 Å². The van der Waals surface area contributed by atoms with Crippen molar-refractivity contribution < 1.29 is 24.2 Å². The van der Waals surface area contributed by atoms with Crippen LogP contribution in [0.1, 0.15) is 32.4 Å². The monoisotopic (exact) mass is 509 g/mol. The van der Waals surface area contributed by atoms with Crippen molar-refractivity contribution in [1.29, 1.82) is 0 Å². The highest BCUT2D eigenvalue weighted by Gasteiger charge is 2.29. The average molecular weight is 510 g/mol. The molecule has 3 aromatic rings. The van der Waals surface area contributed by atoms with E-state index >= 15 is 0 Å². The number of benzene rings is 2. The molecule has 0 aliphatic carbocycles. The number of aliphatic hydroxyl groups excluding tert-OH is 1. The standard InChI is InChI=1S/C27H35N5O5/c1-19-15-31(20(2)17-33)26(34)9-6-12-32-23(14-28-29-32)18-36-25(19)16-30(3)27(35)37-24-11-10-21-7-4-5-8-22(21)13-24/h4-5,7-8,10-11,13-14,19-20,25,33H,6,9,12,15-18H2,1-3H3/t19-,20-,25-/m0/s1. The zero-order valence-electron chi connectivity index (χ0n) is 21.6. The van der Waals surface area contributed by atoms with Crippen molar-refractivity contribution in [3.63, 3.8) is 0 Å². The van der Waals surface area contributed by atoms with Crippen molar-refractivity contribution in [2.45, 2.75) is 52.0 Å². The minimum atomic E-state index is -0.499. The molecule has 4 rings (SSSR count). The Balaban J connectivity index is 1.49. The second-order valence-corrected chi connectivity index (χ2v) is 9.71. The number of carbonyl (C=O) groups excluding carboxylic acids is 2. The Labute approximate surface area is 216 Å². The number of aliphatic hydroxyl groups is 1. The molecule has 1 N–H and O–H groups in total. The lowest BCUT2D eigenvalue weighted by Gasteiger charge is -2.35. The molecule has 2 aromatic carbocycles. The SMILES string of the molecule is C[C@H]1CN([C@@H](C)CO)C(=O)CCCn2nncc2CO[C@H]1CN(C)C(=O)Oc1ccc2ccccc2c1. The van der Waals surface area contributed by atoms with E-state index in [0.717, 1.165) is 16.5 Å². The molecule has 0 unspecified atom stereocenters. The van der Waals surface area contributed by atoms with Crippen LogP contribution in [0.25, 0.3) is 10.8 Å². The van der Waals surface area contributed by atoms with E-state index in [4.69, 9.17) is 9.47 Å². The van der Waals surface area contributed by atoms with Gasteiger partial charge in [0.1, 0.15) is 5.75 Å². The van der Waals surface area contributed by atoms with Crippen molar-refractivity contribution in [3.8, 4) is 5.75 Å². The van der Waals surface area contributed by atoms with Gasteiger partial charge in [0.15, 0.2) is 0 Å². The smallest absolute Gasteiger partial charge is 0.410 e. The minimum absolute atomic E-state index is 0.0292. The number of hydrogen-bond acceptors (Lipinski definition) is 7. The number of nitrogens with zero attached hydrogens (tertiary/aromatic N) is 5. The van der Waals surface area contributed by atoms with Gasteiger partial charge in [-0.3, -0.25) is 4.79 Å². The summed E-state index contributed by atoms with van der Waals surface area (Å²) < 4.78 is 13.7. The van der Waals surface area contributed by atoms with E-state index in [2.05, 4.69) is 10.3 Å². The molecule has 0 bridgehead atoms. The Morgan fingerprint density at radius 2 is 2.05 bits per heavy atom. The van der Waals surface area contributed by atoms with Crippen LogP contribution in [0.4, 0.5) is 4.79 Å². The number of fused-ring (bicyclic) bond motifs is 2. The normalized spacial score (nSPS) is 20.0. The molecule has 2 heterocycles. The van der Waals surface area contributed by atoms with Crippen LogP contribution < -0.4 is 4.74 Å². The number of carbonyl (C=O) groups is 2. The van der Waals surface area contributed by atoms with Crippen LogP contribution in [-0.2, 0) is 22.7 Å². The number of rotatable bonds is 5. The molecule has 0 fully saturated rings.